The van der Waals surface area contributed by atoms with Gasteiger partial charge in [0.2, 0.25) is 11.8 Å². The summed E-state index contributed by atoms with van der Waals surface area (Å²) in [6.07, 6.45) is 4.18. The van der Waals surface area contributed by atoms with Crippen molar-refractivity contribution in [2.24, 2.45) is 5.92 Å². The summed E-state index contributed by atoms with van der Waals surface area (Å²) >= 11 is 1.75. The number of amides is 2. The molecule has 24 heavy (non-hydrogen) atoms. The van der Waals surface area contributed by atoms with Crippen LogP contribution >= 0.6 is 11.3 Å². The maximum atomic E-state index is 12.5. The summed E-state index contributed by atoms with van der Waals surface area (Å²) in [7, 11) is 0. The van der Waals surface area contributed by atoms with Gasteiger partial charge in [-0.3, -0.25) is 9.59 Å². The van der Waals surface area contributed by atoms with Crippen molar-refractivity contribution in [2.75, 3.05) is 39.4 Å². The lowest BCUT2D eigenvalue weighted by atomic mass is 10.1. The molecule has 0 aliphatic carbocycles. The van der Waals surface area contributed by atoms with E-state index in [1.54, 1.807) is 11.3 Å². The monoisotopic (exact) mass is 350 g/mol. The lowest BCUT2D eigenvalue weighted by Crippen LogP contribution is -2.40. The van der Waals surface area contributed by atoms with Gasteiger partial charge in [0.05, 0.1) is 12.5 Å². The normalized spacial score (nSPS) is 21.8. The Hall–Kier alpha value is -1.40. The van der Waals surface area contributed by atoms with Gasteiger partial charge in [-0.25, -0.2) is 0 Å². The number of nitrogens with zero attached hydrogens (tertiary/aromatic N) is 2. The molecule has 0 spiro atoms. The van der Waals surface area contributed by atoms with Crippen molar-refractivity contribution in [3.05, 3.63) is 22.4 Å². The number of hydrogen-bond donors (Lipinski definition) is 0. The zero-order chi connectivity index (χ0) is 16.8. The molecule has 132 valence electrons. The standard InChI is InChI=1S/C18H26N2O3S/c21-17(6-1-4-16-5-2-13-24-16)19-8-3-9-20(11-10-19)18(22)15-7-12-23-14-15/h2,5,13,15H,1,3-4,6-12,14H2. The molecular formula is C18H26N2O3S. The lowest BCUT2D eigenvalue weighted by molar-refractivity contribution is -0.136. The molecule has 2 aliphatic heterocycles. The molecule has 2 aliphatic rings. The molecule has 3 heterocycles. The molecule has 6 heteroatoms. The van der Waals surface area contributed by atoms with Crippen LogP contribution in [0.5, 0.6) is 0 Å². The van der Waals surface area contributed by atoms with Gasteiger partial charge in [0.15, 0.2) is 0 Å². The van der Waals surface area contributed by atoms with E-state index in [0.717, 1.165) is 38.8 Å². The number of thiophene rings is 1. The van der Waals surface area contributed by atoms with Crippen molar-refractivity contribution in [2.45, 2.75) is 32.1 Å². The van der Waals surface area contributed by atoms with E-state index >= 15 is 0 Å². The van der Waals surface area contributed by atoms with Crippen LogP contribution in [-0.4, -0.2) is 61.0 Å². The van der Waals surface area contributed by atoms with E-state index < -0.39 is 0 Å². The first-order valence-corrected chi connectivity index (χ1v) is 9.78. The Balaban J connectivity index is 1.42. The van der Waals surface area contributed by atoms with E-state index in [1.165, 1.54) is 4.88 Å². The highest BCUT2D eigenvalue weighted by atomic mass is 32.1. The third kappa shape index (κ3) is 4.57. The average molecular weight is 350 g/mol. The smallest absolute Gasteiger partial charge is 0.228 e. The molecule has 0 saturated carbocycles. The number of carbonyl (C=O) groups is 2. The van der Waals surface area contributed by atoms with Gasteiger partial charge in [0, 0.05) is 44.1 Å². The van der Waals surface area contributed by atoms with Gasteiger partial charge in [-0.1, -0.05) is 6.07 Å². The highest BCUT2D eigenvalue weighted by Crippen LogP contribution is 2.17. The quantitative estimate of drug-likeness (QED) is 0.818. The maximum Gasteiger partial charge on any atom is 0.228 e. The van der Waals surface area contributed by atoms with Crippen molar-refractivity contribution in [3.63, 3.8) is 0 Å². The van der Waals surface area contributed by atoms with Crippen LogP contribution in [0.4, 0.5) is 0 Å². The van der Waals surface area contributed by atoms with Crippen LogP contribution in [0.25, 0.3) is 0 Å². The molecule has 0 bridgehead atoms. The predicted octanol–water partition coefficient (Wildman–Crippen LogP) is 2.17. The minimum absolute atomic E-state index is 0.0260. The number of hydrogen-bond acceptors (Lipinski definition) is 4. The van der Waals surface area contributed by atoms with Crippen LogP contribution in [0, 0.1) is 5.92 Å². The highest BCUT2D eigenvalue weighted by molar-refractivity contribution is 7.09. The number of ether oxygens (including phenoxy) is 1. The summed E-state index contributed by atoms with van der Waals surface area (Å²) in [5.74, 6) is 0.461. The summed E-state index contributed by atoms with van der Waals surface area (Å²) in [4.78, 5) is 30.1. The fourth-order valence-electron chi connectivity index (χ4n) is 3.40. The first-order chi connectivity index (χ1) is 11.7. The Bertz CT molecular complexity index is 540. The largest absolute Gasteiger partial charge is 0.381 e. The van der Waals surface area contributed by atoms with Crippen LogP contribution in [-0.2, 0) is 20.7 Å². The van der Waals surface area contributed by atoms with Gasteiger partial charge < -0.3 is 14.5 Å². The van der Waals surface area contributed by atoms with E-state index in [9.17, 15) is 9.59 Å². The maximum absolute atomic E-state index is 12.5. The molecule has 0 N–H and O–H groups in total. The molecule has 0 aromatic carbocycles. The summed E-state index contributed by atoms with van der Waals surface area (Å²) in [6.45, 7) is 4.10. The number of aryl methyl sites for hydroxylation is 1. The molecule has 1 aromatic heterocycles. The zero-order valence-corrected chi connectivity index (χ0v) is 14.9. The van der Waals surface area contributed by atoms with E-state index in [1.807, 2.05) is 9.80 Å². The van der Waals surface area contributed by atoms with Crippen LogP contribution < -0.4 is 0 Å². The van der Waals surface area contributed by atoms with E-state index in [0.29, 0.717) is 32.7 Å². The minimum atomic E-state index is 0.0260. The molecule has 1 unspecified atom stereocenters. The molecular weight excluding hydrogens is 324 g/mol. The van der Waals surface area contributed by atoms with Crippen molar-refractivity contribution in [1.29, 1.82) is 0 Å². The summed E-state index contributed by atoms with van der Waals surface area (Å²) in [5.41, 5.74) is 0. The molecule has 5 nitrogen and oxygen atoms in total. The molecule has 1 aromatic rings. The van der Waals surface area contributed by atoms with Crippen molar-refractivity contribution < 1.29 is 14.3 Å². The molecule has 2 amide bonds. The first-order valence-electron chi connectivity index (χ1n) is 8.91. The van der Waals surface area contributed by atoms with Crippen LogP contribution in [0.3, 0.4) is 0 Å². The van der Waals surface area contributed by atoms with Gasteiger partial charge in [-0.15, -0.1) is 11.3 Å². The Labute approximate surface area is 147 Å². The highest BCUT2D eigenvalue weighted by Gasteiger charge is 2.29. The molecule has 3 rings (SSSR count). The van der Waals surface area contributed by atoms with Gasteiger partial charge in [0.1, 0.15) is 0 Å². The minimum Gasteiger partial charge on any atom is -0.381 e. The summed E-state index contributed by atoms with van der Waals surface area (Å²) in [6, 6.07) is 4.18. The molecule has 2 saturated heterocycles. The third-order valence-electron chi connectivity index (χ3n) is 4.83. The molecule has 0 radical (unpaired) electrons. The van der Waals surface area contributed by atoms with E-state index in [4.69, 9.17) is 4.74 Å². The third-order valence-corrected chi connectivity index (χ3v) is 5.77. The van der Waals surface area contributed by atoms with Crippen molar-refractivity contribution in [3.8, 4) is 0 Å². The fraction of sp³-hybridized carbons (Fsp3) is 0.667. The second-order valence-electron chi connectivity index (χ2n) is 6.55. The van der Waals surface area contributed by atoms with E-state index in [2.05, 4.69) is 17.5 Å². The van der Waals surface area contributed by atoms with E-state index in [-0.39, 0.29) is 17.7 Å². The van der Waals surface area contributed by atoms with Crippen LogP contribution in [0.1, 0.15) is 30.6 Å². The Kier molecular flexibility index (Phi) is 6.26. The molecule has 1 atom stereocenters. The van der Waals surface area contributed by atoms with Gasteiger partial charge in [0.25, 0.3) is 0 Å². The Morgan fingerprint density at radius 3 is 2.79 bits per heavy atom. The Morgan fingerprint density at radius 2 is 2.04 bits per heavy atom. The van der Waals surface area contributed by atoms with Crippen LogP contribution in [0.2, 0.25) is 0 Å². The van der Waals surface area contributed by atoms with Gasteiger partial charge in [-0.05, 0) is 37.1 Å². The number of carbonyl (C=O) groups excluding carboxylic acids is 2. The average Bonchev–Trinajstić information content (AvgIpc) is 3.24. The zero-order valence-electron chi connectivity index (χ0n) is 14.1. The first kappa shape index (κ1) is 17.4. The van der Waals surface area contributed by atoms with Crippen LogP contribution in [0.15, 0.2) is 17.5 Å². The van der Waals surface area contributed by atoms with Crippen molar-refractivity contribution in [1.82, 2.24) is 9.80 Å². The second-order valence-corrected chi connectivity index (χ2v) is 7.59. The van der Waals surface area contributed by atoms with Gasteiger partial charge >= 0.3 is 0 Å². The van der Waals surface area contributed by atoms with Crippen molar-refractivity contribution >= 4 is 23.2 Å². The summed E-state index contributed by atoms with van der Waals surface area (Å²) in [5, 5.41) is 2.08. The Morgan fingerprint density at radius 1 is 1.21 bits per heavy atom. The topological polar surface area (TPSA) is 49.9 Å². The predicted molar refractivity (Wildman–Crippen MR) is 94.0 cm³/mol. The summed E-state index contributed by atoms with van der Waals surface area (Å²) < 4.78 is 5.32. The fourth-order valence-corrected chi connectivity index (χ4v) is 4.15. The number of rotatable bonds is 5. The second kappa shape index (κ2) is 8.62. The SMILES string of the molecule is O=C(CCCc1cccs1)N1CCCN(C(=O)C2CCOC2)CC1. The van der Waals surface area contributed by atoms with Gasteiger partial charge in [-0.2, -0.15) is 0 Å². The lowest BCUT2D eigenvalue weighted by Gasteiger charge is -2.24. The molecule has 2 fully saturated rings.